The fourth-order valence-corrected chi connectivity index (χ4v) is 0.394. The summed E-state index contributed by atoms with van der Waals surface area (Å²) in [7, 11) is 0. The van der Waals surface area contributed by atoms with Crippen molar-refractivity contribution in [2.75, 3.05) is 6.54 Å². The van der Waals surface area contributed by atoms with Gasteiger partial charge in [-0.15, -0.1) is 19.0 Å². The fraction of sp³-hybridized carbons (Fsp3) is 0.333. The summed E-state index contributed by atoms with van der Waals surface area (Å²) in [6.45, 7) is 7.26. The summed E-state index contributed by atoms with van der Waals surface area (Å²) >= 11 is 5.49. The van der Waals surface area contributed by atoms with Crippen LogP contribution in [-0.4, -0.2) is 17.2 Å². The molecule has 0 radical (unpaired) electrons. The number of rotatable bonds is 4. The van der Waals surface area contributed by atoms with Gasteiger partial charge >= 0.3 is 0 Å². The third-order valence-electron chi connectivity index (χ3n) is 0.734. The molecule has 1 atom stereocenters. The third-order valence-corrected chi connectivity index (χ3v) is 1.14. The maximum absolute atomic E-state index is 8.62. The van der Waals surface area contributed by atoms with Crippen LogP contribution in [0, 0.1) is 0 Å². The molecule has 60 valence electrons. The van der Waals surface area contributed by atoms with E-state index < -0.39 is 5.50 Å². The second-order valence-electron chi connectivity index (χ2n) is 1.55. The summed E-state index contributed by atoms with van der Waals surface area (Å²) < 4.78 is 0. The van der Waals surface area contributed by atoms with E-state index in [4.69, 9.17) is 16.7 Å². The molecule has 0 saturated carbocycles. The Balaban J connectivity index is 0. The molecule has 4 heteroatoms. The van der Waals surface area contributed by atoms with Gasteiger partial charge in [0.25, 0.3) is 0 Å². The second kappa shape index (κ2) is 6.93. The topological polar surface area (TPSA) is 32.3 Å². The highest BCUT2D eigenvalue weighted by atomic mass is 35.5. The normalized spacial score (nSPS) is 11.3. The van der Waals surface area contributed by atoms with Crippen molar-refractivity contribution in [2.24, 2.45) is 0 Å². The Morgan fingerprint density at radius 2 is 2.30 bits per heavy atom. The van der Waals surface area contributed by atoms with Crippen LogP contribution in [0.15, 0.2) is 25.0 Å². The van der Waals surface area contributed by atoms with Crippen LogP contribution >= 0.6 is 24.0 Å². The van der Waals surface area contributed by atoms with Crippen LogP contribution in [-0.2, 0) is 0 Å². The minimum atomic E-state index is -0.567. The molecule has 0 aliphatic rings. The molecular formula is C6H11Cl2NO. The summed E-state index contributed by atoms with van der Waals surface area (Å²) in [4.78, 5) is 0. The van der Waals surface area contributed by atoms with Crippen molar-refractivity contribution in [1.29, 1.82) is 0 Å². The van der Waals surface area contributed by atoms with Crippen molar-refractivity contribution in [3.8, 4) is 0 Å². The summed E-state index contributed by atoms with van der Waals surface area (Å²) in [5.74, 6) is -0.0708. The number of hydrogen-bond donors (Lipinski definition) is 2. The van der Waals surface area contributed by atoms with E-state index in [9.17, 15) is 0 Å². The van der Waals surface area contributed by atoms with Gasteiger partial charge < -0.3 is 5.11 Å². The predicted octanol–water partition coefficient (Wildman–Crippen LogP) is 1.82. The molecule has 0 saturated heterocycles. The zero-order valence-electron chi connectivity index (χ0n) is 5.51. The van der Waals surface area contributed by atoms with Crippen LogP contribution in [0.25, 0.3) is 0 Å². The molecule has 1 unspecified atom stereocenters. The first-order valence-electron chi connectivity index (χ1n) is 2.54. The van der Waals surface area contributed by atoms with E-state index in [0.29, 0.717) is 6.54 Å². The van der Waals surface area contributed by atoms with Gasteiger partial charge in [0.15, 0.2) is 0 Å². The van der Waals surface area contributed by atoms with Crippen LogP contribution < -0.4 is 5.32 Å². The van der Waals surface area contributed by atoms with Gasteiger partial charge in [0.1, 0.15) is 11.3 Å². The highest BCUT2D eigenvalue weighted by molar-refractivity contribution is 6.21. The monoisotopic (exact) mass is 183 g/mol. The van der Waals surface area contributed by atoms with Gasteiger partial charge in [-0.25, -0.2) is 0 Å². The number of aliphatic hydroxyl groups is 1. The summed E-state index contributed by atoms with van der Waals surface area (Å²) in [6, 6.07) is 0. The van der Waals surface area contributed by atoms with Crippen molar-refractivity contribution >= 4 is 24.0 Å². The summed E-state index contributed by atoms with van der Waals surface area (Å²) in [6.07, 6.45) is 1.65. The first kappa shape index (κ1) is 12.5. The zero-order chi connectivity index (χ0) is 7.28. The van der Waals surface area contributed by atoms with Gasteiger partial charge in [-0.1, -0.05) is 24.3 Å². The average Bonchev–Trinajstić information content (AvgIpc) is 1.82. The number of nitrogens with one attached hydrogen (secondary N) is 1. The Kier molecular flexibility index (Phi) is 8.66. The van der Waals surface area contributed by atoms with Gasteiger partial charge in [-0.05, 0) is 0 Å². The van der Waals surface area contributed by atoms with E-state index in [-0.39, 0.29) is 18.2 Å². The van der Waals surface area contributed by atoms with Crippen LogP contribution in [0.1, 0.15) is 0 Å². The molecule has 0 rings (SSSR count). The Labute approximate surface area is 72.0 Å². The molecule has 0 aromatic rings. The fourth-order valence-electron chi connectivity index (χ4n) is 0.305. The number of hydrogen-bond acceptors (Lipinski definition) is 2. The Morgan fingerprint density at radius 1 is 1.80 bits per heavy atom. The molecule has 2 N–H and O–H groups in total. The molecule has 0 fully saturated rings. The second-order valence-corrected chi connectivity index (χ2v) is 1.99. The molecule has 0 aromatic carbocycles. The van der Waals surface area contributed by atoms with Crippen LogP contribution in [0.2, 0.25) is 0 Å². The van der Waals surface area contributed by atoms with Crippen molar-refractivity contribution in [2.45, 2.75) is 5.50 Å². The van der Waals surface area contributed by atoms with Gasteiger partial charge in [0, 0.05) is 6.54 Å². The first-order valence-corrected chi connectivity index (χ1v) is 2.98. The molecule has 0 bridgehead atoms. The molecular weight excluding hydrogens is 173 g/mol. The Morgan fingerprint density at radius 3 is 2.60 bits per heavy atom. The molecule has 0 aliphatic carbocycles. The van der Waals surface area contributed by atoms with E-state index in [1.54, 1.807) is 6.08 Å². The standard InChI is InChI=1S/C6H10ClNO.ClH/c1-3-4-8-6(7)5(2)9;/h3,6,8-9H,1-2,4H2;1H. The van der Waals surface area contributed by atoms with Gasteiger partial charge in [0.2, 0.25) is 0 Å². The van der Waals surface area contributed by atoms with Gasteiger partial charge in [0.05, 0.1) is 0 Å². The van der Waals surface area contributed by atoms with E-state index in [2.05, 4.69) is 18.5 Å². The minimum Gasteiger partial charge on any atom is -0.510 e. The molecule has 0 amide bonds. The molecule has 2 nitrogen and oxygen atoms in total. The lowest BCUT2D eigenvalue weighted by atomic mass is 10.5. The molecule has 0 heterocycles. The zero-order valence-corrected chi connectivity index (χ0v) is 7.08. The Hall–Kier alpha value is -0.180. The lowest BCUT2D eigenvalue weighted by Gasteiger charge is -2.06. The molecule has 0 aliphatic heterocycles. The van der Waals surface area contributed by atoms with E-state index >= 15 is 0 Å². The summed E-state index contributed by atoms with van der Waals surface area (Å²) in [5, 5.41) is 11.4. The SMILES string of the molecule is C=CCNC(Cl)C(=C)O.Cl. The van der Waals surface area contributed by atoms with Gasteiger partial charge in [-0.2, -0.15) is 0 Å². The smallest absolute Gasteiger partial charge is 0.140 e. The molecule has 0 spiro atoms. The number of halogens is 2. The van der Waals surface area contributed by atoms with Crippen LogP contribution in [0.3, 0.4) is 0 Å². The van der Waals surface area contributed by atoms with Crippen LogP contribution in [0.4, 0.5) is 0 Å². The van der Waals surface area contributed by atoms with Crippen molar-refractivity contribution in [3.63, 3.8) is 0 Å². The Bertz CT molecular complexity index is 116. The third kappa shape index (κ3) is 5.95. The summed E-state index contributed by atoms with van der Waals surface area (Å²) in [5.41, 5.74) is -0.567. The maximum atomic E-state index is 8.62. The highest BCUT2D eigenvalue weighted by Gasteiger charge is 2.02. The van der Waals surface area contributed by atoms with Gasteiger partial charge in [-0.3, -0.25) is 5.32 Å². The average molecular weight is 184 g/mol. The molecule has 10 heavy (non-hydrogen) atoms. The quantitative estimate of drug-likeness (QED) is 0.302. The van der Waals surface area contributed by atoms with E-state index in [1.807, 2.05) is 0 Å². The first-order chi connectivity index (χ1) is 4.18. The number of aliphatic hydroxyl groups excluding tert-OH is 1. The van der Waals surface area contributed by atoms with Crippen LogP contribution in [0.5, 0.6) is 0 Å². The molecule has 0 aromatic heterocycles. The lowest BCUT2D eigenvalue weighted by Crippen LogP contribution is -2.24. The highest BCUT2D eigenvalue weighted by Crippen LogP contribution is 1.98. The lowest BCUT2D eigenvalue weighted by molar-refractivity contribution is 0.381. The van der Waals surface area contributed by atoms with E-state index in [1.165, 1.54) is 0 Å². The number of alkyl halides is 1. The van der Waals surface area contributed by atoms with Crippen molar-refractivity contribution < 1.29 is 5.11 Å². The largest absolute Gasteiger partial charge is 0.510 e. The maximum Gasteiger partial charge on any atom is 0.140 e. The van der Waals surface area contributed by atoms with Crippen molar-refractivity contribution in [1.82, 2.24) is 5.32 Å². The van der Waals surface area contributed by atoms with Crippen molar-refractivity contribution in [3.05, 3.63) is 25.0 Å². The minimum absolute atomic E-state index is 0. The van der Waals surface area contributed by atoms with E-state index in [0.717, 1.165) is 0 Å². The predicted molar refractivity (Wildman–Crippen MR) is 46.9 cm³/mol.